The van der Waals surface area contributed by atoms with Gasteiger partial charge < -0.3 is 15.1 Å². The van der Waals surface area contributed by atoms with E-state index in [0.29, 0.717) is 6.54 Å². The van der Waals surface area contributed by atoms with Crippen LogP contribution >= 0.6 is 0 Å². The number of rotatable bonds is 8. The fraction of sp³-hybridized carbons (Fsp3) is 0.478. The summed E-state index contributed by atoms with van der Waals surface area (Å²) in [7, 11) is 0. The molecular weight excluding hydrogens is 366 g/mol. The zero-order valence-corrected chi connectivity index (χ0v) is 17.4. The molecule has 2 aromatic rings. The van der Waals surface area contributed by atoms with Gasteiger partial charge in [-0.05, 0) is 31.4 Å². The van der Waals surface area contributed by atoms with Crippen molar-refractivity contribution in [3.05, 3.63) is 41.7 Å². The van der Waals surface area contributed by atoms with Gasteiger partial charge in [0.2, 0.25) is 11.8 Å². The van der Waals surface area contributed by atoms with E-state index in [2.05, 4.69) is 15.5 Å². The third kappa shape index (κ3) is 5.70. The number of piperidine rings is 1. The number of nitrogens with one attached hydrogen (secondary N) is 2. The molecule has 1 aliphatic rings. The molecule has 3 rings (SSSR count). The number of carbonyl (C=O) groups is 2. The highest BCUT2D eigenvalue weighted by molar-refractivity contribution is 5.96. The van der Waals surface area contributed by atoms with Crippen molar-refractivity contribution in [3.8, 4) is 0 Å². The Morgan fingerprint density at radius 1 is 1.21 bits per heavy atom. The van der Waals surface area contributed by atoms with Crippen molar-refractivity contribution in [1.29, 1.82) is 0 Å². The van der Waals surface area contributed by atoms with Gasteiger partial charge in [-0.3, -0.25) is 14.5 Å². The van der Waals surface area contributed by atoms with Gasteiger partial charge in [0.25, 0.3) is 0 Å². The Labute approximate surface area is 172 Å². The molecule has 1 saturated heterocycles. The van der Waals surface area contributed by atoms with Crippen LogP contribution in [0.1, 0.15) is 44.4 Å². The lowest BCUT2D eigenvalue weighted by Gasteiger charge is -2.31. The van der Waals surface area contributed by atoms with E-state index in [1.54, 1.807) is 6.08 Å². The number of para-hydroxylation sites is 1. The quantitative estimate of drug-likeness (QED) is 0.671. The van der Waals surface area contributed by atoms with Gasteiger partial charge in [0, 0.05) is 49.1 Å². The first kappa shape index (κ1) is 21.1. The number of fused-ring (bicyclic) bond motifs is 1. The SMILES string of the molecule is CCCNC(=O)CN1CCC(NC(=O)/C=C/c2c(CC)oc3ccccc23)CC1. The highest BCUT2D eigenvalue weighted by atomic mass is 16.3. The van der Waals surface area contributed by atoms with Crippen molar-refractivity contribution in [2.24, 2.45) is 0 Å². The summed E-state index contributed by atoms with van der Waals surface area (Å²) in [5.74, 6) is 0.887. The van der Waals surface area contributed by atoms with Crippen LogP contribution in [0, 0.1) is 0 Å². The lowest BCUT2D eigenvalue weighted by atomic mass is 10.0. The van der Waals surface area contributed by atoms with Crippen LogP contribution in [0.3, 0.4) is 0 Å². The van der Waals surface area contributed by atoms with Crippen LogP contribution in [-0.2, 0) is 16.0 Å². The number of likely N-dealkylation sites (tertiary alicyclic amines) is 1. The Bertz CT molecular complexity index is 863. The van der Waals surface area contributed by atoms with Gasteiger partial charge in [-0.1, -0.05) is 32.0 Å². The molecule has 6 heteroatoms. The van der Waals surface area contributed by atoms with Gasteiger partial charge in [-0.2, -0.15) is 0 Å². The van der Waals surface area contributed by atoms with Gasteiger partial charge in [0.15, 0.2) is 0 Å². The molecule has 0 saturated carbocycles. The first-order valence-corrected chi connectivity index (χ1v) is 10.6. The summed E-state index contributed by atoms with van der Waals surface area (Å²) < 4.78 is 5.88. The van der Waals surface area contributed by atoms with Crippen LogP contribution in [0.25, 0.3) is 17.0 Å². The van der Waals surface area contributed by atoms with Crippen molar-refractivity contribution >= 4 is 28.9 Å². The molecule has 1 aromatic carbocycles. The predicted molar refractivity (Wildman–Crippen MR) is 116 cm³/mol. The molecule has 0 bridgehead atoms. The van der Waals surface area contributed by atoms with Crippen LogP contribution in [0.5, 0.6) is 0 Å². The Hall–Kier alpha value is -2.60. The van der Waals surface area contributed by atoms with Crippen molar-refractivity contribution in [3.63, 3.8) is 0 Å². The molecular formula is C23H31N3O3. The molecule has 1 aliphatic heterocycles. The zero-order chi connectivity index (χ0) is 20.6. The average molecular weight is 398 g/mol. The number of hydrogen-bond donors (Lipinski definition) is 2. The lowest BCUT2D eigenvalue weighted by molar-refractivity contribution is -0.123. The van der Waals surface area contributed by atoms with Crippen molar-refractivity contribution < 1.29 is 14.0 Å². The molecule has 0 unspecified atom stereocenters. The number of amides is 2. The van der Waals surface area contributed by atoms with Gasteiger partial charge in [-0.15, -0.1) is 0 Å². The molecule has 2 heterocycles. The van der Waals surface area contributed by atoms with Gasteiger partial charge >= 0.3 is 0 Å². The molecule has 2 amide bonds. The first-order chi connectivity index (χ1) is 14.1. The summed E-state index contributed by atoms with van der Waals surface area (Å²) in [6.07, 6.45) is 6.89. The number of furan rings is 1. The highest BCUT2D eigenvalue weighted by Crippen LogP contribution is 2.27. The molecule has 0 atom stereocenters. The second-order valence-corrected chi connectivity index (χ2v) is 7.53. The summed E-state index contributed by atoms with van der Waals surface area (Å²) in [4.78, 5) is 26.4. The first-order valence-electron chi connectivity index (χ1n) is 10.6. The third-order valence-electron chi connectivity index (χ3n) is 5.31. The number of hydrogen-bond acceptors (Lipinski definition) is 4. The number of carbonyl (C=O) groups excluding carboxylic acids is 2. The van der Waals surface area contributed by atoms with E-state index >= 15 is 0 Å². The molecule has 2 N–H and O–H groups in total. The van der Waals surface area contributed by atoms with Crippen molar-refractivity contribution in [2.75, 3.05) is 26.2 Å². The fourth-order valence-corrected chi connectivity index (χ4v) is 3.73. The summed E-state index contributed by atoms with van der Waals surface area (Å²) >= 11 is 0. The highest BCUT2D eigenvalue weighted by Gasteiger charge is 2.21. The van der Waals surface area contributed by atoms with E-state index in [1.165, 1.54) is 0 Å². The molecule has 6 nitrogen and oxygen atoms in total. The van der Waals surface area contributed by atoms with Gasteiger partial charge in [0.1, 0.15) is 11.3 Å². The molecule has 1 fully saturated rings. The van der Waals surface area contributed by atoms with E-state index < -0.39 is 0 Å². The van der Waals surface area contributed by atoms with E-state index in [9.17, 15) is 9.59 Å². The summed E-state index contributed by atoms with van der Waals surface area (Å²) in [6, 6.07) is 8.04. The zero-order valence-electron chi connectivity index (χ0n) is 17.4. The monoisotopic (exact) mass is 397 g/mol. The minimum Gasteiger partial charge on any atom is -0.460 e. The largest absolute Gasteiger partial charge is 0.460 e. The van der Waals surface area contributed by atoms with Crippen LogP contribution < -0.4 is 10.6 Å². The molecule has 29 heavy (non-hydrogen) atoms. The van der Waals surface area contributed by atoms with Crippen LogP contribution in [0.4, 0.5) is 0 Å². The Balaban J connectivity index is 1.50. The van der Waals surface area contributed by atoms with E-state index in [1.807, 2.05) is 44.2 Å². The minimum atomic E-state index is -0.0866. The number of benzene rings is 1. The summed E-state index contributed by atoms with van der Waals surface area (Å²) in [6.45, 7) is 6.89. The second-order valence-electron chi connectivity index (χ2n) is 7.53. The maximum absolute atomic E-state index is 12.4. The Morgan fingerprint density at radius 2 is 1.97 bits per heavy atom. The average Bonchev–Trinajstić information content (AvgIpc) is 3.10. The fourth-order valence-electron chi connectivity index (χ4n) is 3.73. The third-order valence-corrected chi connectivity index (χ3v) is 5.31. The van der Waals surface area contributed by atoms with Crippen LogP contribution in [-0.4, -0.2) is 48.9 Å². The topological polar surface area (TPSA) is 74.6 Å². The Kier molecular flexibility index (Phi) is 7.47. The molecule has 0 radical (unpaired) electrons. The summed E-state index contributed by atoms with van der Waals surface area (Å²) in [5.41, 5.74) is 1.82. The van der Waals surface area contributed by atoms with E-state index in [0.717, 1.165) is 67.6 Å². The molecule has 1 aromatic heterocycles. The maximum atomic E-state index is 12.4. The smallest absolute Gasteiger partial charge is 0.244 e. The number of nitrogens with zero attached hydrogens (tertiary/aromatic N) is 1. The summed E-state index contributed by atoms with van der Waals surface area (Å²) in [5, 5.41) is 7.03. The van der Waals surface area contributed by atoms with Crippen LogP contribution in [0.15, 0.2) is 34.8 Å². The maximum Gasteiger partial charge on any atom is 0.244 e. The molecule has 0 spiro atoms. The Morgan fingerprint density at radius 3 is 2.69 bits per heavy atom. The van der Waals surface area contributed by atoms with Crippen molar-refractivity contribution in [1.82, 2.24) is 15.5 Å². The normalized spacial score (nSPS) is 15.8. The van der Waals surface area contributed by atoms with E-state index in [4.69, 9.17) is 4.42 Å². The minimum absolute atomic E-state index is 0.0799. The van der Waals surface area contributed by atoms with Gasteiger partial charge in [-0.25, -0.2) is 0 Å². The second kappa shape index (κ2) is 10.3. The van der Waals surface area contributed by atoms with E-state index in [-0.39, 0.29) is 17.9 Å². The molecule has 0 aliphatic carbocycles. The van der Waals surface area contributed by atoms with Gasteiger partial charge in [0.05, 0.1) is 6.54 Å². The van der Waals surface area contributed by atoms with Crippen LogP contribution in [0.2, 0.25) is 0 Å². The standard InChI is InChI=1S/C23H31N3O3/c1-3-13-24-23(28)16-26-14-11-17(12-15-26)25-22(27)10-9-19-18-7-5-6-8-21(18)29-20(19)4-2/h5-10,17H,3-4,11-16H2,1-2H3,(H,24,28)(H,25,27)/b10-9+. The molecule has 156 valence electrons. The lowest BCUT2D eigenvalue weighted by Crippen LogP contribution is -2.47. The predicted octanol–water partition coefficient (Wildman–Crippen LogP) is 3.12. The number of aryl methyl sites for hydroxylation is 1. The van der Waals surface area contributed by atoms with Crippen molar-refractivity contribution in [2.45, 2.75) is 45.6 Å².